The summed E-state index contributed by atoms with van der Waals surface area (Å²) in [6, 6.07) is 9.78. The lowest BCUT2D eigenvalue weighted by atomic mass is 10.0. The van der Waals surface area contributed by atoms with Crippen molar-refractivity contribution in [2.75, 3.05) is 18.6 Å². The van der Waals surface area contributed by atoms with E-state index in [1.807, 2.05) is 12.1 Å². The van der Waals surface area contributed by atoms with E-state index in [1.165, 1.54) is 36.3 Å². The Labute approximate surface area is 121 Å². The molecular weight excluding hydrogens is 254 g/mol. The molecule has 0 radical (unpaired) electrons. The van der Waals surface area contributed by atoms with Crippen LogP contribution >= 0.6 is 11.8 Å². The van der Waals surface area contributed by atoms with Crippen molar-refractivity contribution in [1.29, 1.82) is 0 Å². The van der Waals surface area contributed by atoms with Crippen LogP contribution in [0.25, 0.3) is 0 Å². The van der Waals surface area contributed by atoms with E-state index in [-0.39, 0.29) is 0 Å². The van der Waals surface area contributed by atoms with Crippen LogP contribution in [0.3, 0.4) is 0 Å². The van der Waals surface area contributed by atoms with Gasteiger partial charge in [-0.3, -0.25) is 0 Å². The largest absolute Gasteiger partial charge is 0.497 e. The maximum atomic E-state index is 5.18. The number of thioether (sulfide) groups is 1. The molecule has 2 nitrogen and oxygen atoms in total. The van der Waals surface area contributed by atoms with Gasteiger partial charge in [-0.15, -0.1) is 0 Å². The Morgan fingerprint density at radius 3 is 2.58 bits per heavy atom. The van der Waals surface area contributed by atoms with Gasteiger partial charge in [-0.1, -0.05) is 12.1 Å². The van der Waals surface area contributed by atoms with Crippen LogP contribution in [0.1, 0.15) is 31.7 Å². The lowest BCUT2D eigenvalue weighted by Gasteiger charge is -2.26. The fourth-order valence-electron chi connectivity index (χ4n) is 2.53. The monoisotopic (exact) mass is 279 g/mol. The Hall–Kier alpha value is -0.670. The molecule has 19 heavy (non-hydrogen) atoms. The molecule has 0 amide bonds. The zero-order valence-corrected chi connectivity index (χ0v) is 12.8. The minimum atomic E-state index is 0.607. The Morgan fingerprint density at radius 2 is 1.95 bits per heavy atom. The minimum absolute atomic E-state index is 0.607. The molecule has 1 aromatic carbocycles. The zero-order chi connectivity index (χ0) is 13.5. The van der Waals surface area contributed by atoms with Gasteiger partial charge in [-0.25, -0.2) is 0 Å². The van der Waals surface area contributed by atoms with Gasteiger partial charge in [0.1, 0.15) is 5.75 Å². The fraction of sp³-hybridized carbons (Fsp3) is 0.625. The van der Waals surface area contributed by atoms with Crippen molar-refractivity contribution >= 4 is 11.8 Å². The van der Waals surface area contributed by atoms with Gasteiger partial charge < -0.3 is 10.1 Å². The molecule has 2 rings (SSSR count). The standard InChI is InChI=1S/C16H25NOS/c1-13(17-15-9-11-19-12-10-15)3-4-14-5-7-16(18-2)8-6-14/h5-8,13,15,17H,3-4,9-12H2,1-2H3. The average Bonchev–Trinajstić information content (AvgIpc) is 2.47. The van der Waals surface area contributed by atoms with Gasteiger partial charge in [0, 0.05) is 12.1 Å². The third kappa shape index (κ3) is 5.07. The summed E-state index contributed by atoms with van der Waals surface area (Å²) in [7, 11) is 1.71. The van der Waals surface area contributed by atoms with Crippen LogP contribution in [0.4, 0.5) is 0 Å². The van der Waals surface area contributed by atoms with Gasteiger partial charge in [-0.2, -0.15) is 11.8 Å². The molecule has 1 aliphatic rings. The van der Waals surface area contributed by atoms with Gasteiger partial charge in [-0.05, 0) is 61.8 Å². The fourth-order valence-corrected chi connectivity index (χ4v) is 3.63. The molecule has 0 bridgehead atoms. The van der Waals surface area contributed by atoms with Gasteiger partial charge in [0.15, 0.2) is 0 Å². The van der Waals surface area contributed by atoms with Gasteiger partial charge in [0.25, 0.3) is 0 Å². The quantitative estimate of drug-likeness (QED) is 0.861. The number of benzene rings is 1. The zero-order valence-electron chi connectivity index (χ0n) is 12.0. The highest BCUT2D eigenvalue weighted by atomic mass is 32.2. The average molecular weight is 279 g/mol. The highest BCUT2D eigenvalue weighted by Crippen LogP contribution is 2.18. The van der Waals surface area contributed by atoms with Crippen molar-refractivity contribution in [2.45, 2.75) is 44.7 Å². The number of ether oxygens (including phenoxy) is 1. The number of aryl methyl sites for hydroxylation is 1. The molecule has 0 saturated carbocycles. The second-order valence-corrected chi connectivity index (χ2v) is 6.57. The first-order chi connectivity index (χ1) is 9.28. The van der Waals surface area contributed by atoms with Crippen LogP contribution < -0.4 is 10.1 Å². The summed E-state index contributed by atoms with van der Waals surface area (Å²) in [5.41, 5.74) is 1.40. The van der Waals surface area contributed by atoms with E-state index in [9.17, 15) is 0 Å². The molecule has 1 saturated heterocycles. The van der Waals surface area contributed by atoms with E-state index in [0.29, 0.717) is 6.04 Å². The van der Waals surface area contributed by atoms with Crippen molar-refractivity contribution in [1.82, 2.24) is 5.32 Å². The highest BCUT2D eigenvalue weighted by Gasteiger charge is 2.15. The second kappa shape index (κ2) is 7.81. The van der Waals surface area contributed by atoms with Crippen molar-refractivity contribution in [3.05, 3.63) is 29.8 Å². The molecule has 1 unspecified atom stereocenters. The van der Waals surface area contributed by atoms with Crippen molar-refractivity contribution < 1.29 is 4.74 Å². The third-order valence-electron chi connectivity index (χ3n) is 3.77. The number of hydrogen-bond donors (Lipinski definition) is 1. The van der Waals surface area contributed by atoms with E-state index >= 15 is 0 Å². The Bertz CT molecular complexity index is 360. The molecule has 3 heteroatoms. The molecule has 1 fully saturated rings. The van der Waals surface area contributed by atoms with Gasteiger partial charge in [0.05, 0.1) is 7.11 Å². The number of rotatable bonds is 6. The summed E-state index contributed by atoms with van der Waals surface area (Å²) < 4.78 is 5.18. The Kier molecular flexibility index (Phi) is 6.05. The smallest absolute Gasteiger partial charge is 0.118 e. The first-order valence-corrected chi connectivity index (χ1v) is 8.40. The first kappa shape index (κ1) is 14.7. The van der Waals surface area contributed by atoms with Crippen LogP contribution in [0.5, 0.6) is 5.75 Å². The molecule has 1 N–H and O–H groups in total. The first-order valence-electron chi connectivity index (χ1n) is 7.24. The van der Waals surface area contributed by atoms with Gasteiger partial charge >= 0.3 is 0 Å². The van der Waals surface area contributed by atoms with Crippen LogP contribution in [0.2, 0.25) is 0 Å². The molecule has 0 aliphatic carbocycles. The van der Waals surface area contributed by atoms with Crippen molar-refractivity contribution in [3.63, 3.8) is 0 Å². The maximum absolute atomic E-state index is 5.18. The highest BCUT2D eigenvalue weighted by molar-refractivity contribution is 7.99. The third-order valence-corrected chi connectivity index (χ3v) is 4.82. The van der Waals surface area contributed by atoms with Gasteiger partial charge in [0.2, 0.25) is 0 Å². The molecule has 1 atom stereocenters. The molecule has 0 aromatic heterocycles. The van der Waals surface area contributed by atoms with E-state index in [4.69, 9.17) is 4.74 Å². The summed E-state index contributed by atoms with van der Waals surface area (Å²) in [5.74, 6) is 3.58. The molecule has 1 heterocycles. The SMILES string of the molecule is COc1ccc(CCC(C)NC2CCSCC2)cc1. The van der Waals surface area contributed by atoms with Crippen LogP contribution in [0.15, 0.2) is 24.3 Å². The maximum Gasteiger partial charge on any atom is 0.118 e. The number of hydrogen-bond acceptors (Lipinski definition) is 3. The number of nitrogens with one attached hydrogen (secondary N) is 1. The summed E-state index contributed by atoms with van der Waals surface area (Å²) in [5, 5.41) is 3.77. The van der Waals surface area contributed by atoms with E-state index < -0.39 is 0 Å². The van der Waals surface area contributed by atoms with Crippen LogP contribution in [-0.2, 0) is 6.42 Å². The second-order valence-electron chi connectivity index (χ2n) is 5.34. The predicted octanol–water partition coefficient (Wildman–Crippen LogP) is 3.50. The van der Waals surface area contributed by atoms with Crippen LogP contribution in [-0.4, -0.2) is 30.7 Å². The molecule has 1 aromatic rings. The van der Waals surface area contributed by atoms with E-state index in [0.717, 1.165) is 18.2 Å². The lowest BCUT2D eigenvalue weighted by molar-refractivity contribution is 0.407. The Balaban J connectivity index is 1.71. The van der Waals surface area contributed by atoms with Crippen molar-refractivity contribution in [2.24, 2.45) is 0 Å². The van der Waals surface area contributed by atoms with E-state index in [2.05, 4.69) is 36.1 Å². The molecule has 106 valence electrons. The van der Waals surface area contributed by atoms with Crippen LogP contribution in [0, 0.1) is 0 Å². The molecule has 1 aliphatic heterocycles. The molecule has 0 spiro atoms. The number of methoxy groups -OCH3 is 1. The summed E-state index contributed by atoms with van der Waals surface area (Å²) in [6.07, 6.45) is 5.00. The normalized spacial score (nSPS) is 18.2. The summed E-state index contributed by atoms with van der Waals surface area (Å²) in [4.78, 5) is 0. The summed E-state index contributed by atoms with van der Waals surface area (Å²) in [6.45, 7) is 2.31. The molecular formula is C16H25NOS. The Morgan fingerprint density at radius 1 is 1.26 bits per heavy atom. The summed E-state index contributed by atoms with van der Waals surface area (Å²) >= 11 is 2.09. The predicted molar refractivity (Wildman–Crippen MR) is 84.3 cm³/mol. The van der Waals surface area contributed by atoms with E-state index in [1.54, 1.807) is 7.11 Å². The van der Waals surface area contributed by atoms with Crippen molar-refractivity contribution in [3.8, 4) is 5.75 Å². The topological polar surface area (TPSA) is 21.3 Å². The lowest BCUT2D eigenvalue weighted by Crippen LogP contribution is -2.39. The minimum Gasteiger partial charge on any atom is -0.497 e.